The van der Waals surface area contributed by atoms with Crippen molar-refractivity contribution >= 4 is 12.0 Å². The molecule has 0 saturated carbocycles. The van der Waals surface area contributed by atoms with Crippen LogP contribution in [-0.2, 0) is 16.0 Å². The van der Waals surface area contributed by atoms with E-state index in [9.17, 15) is 9.59 Å². The number of rotatable bonds is 3. The first-order valence-electron chi connectivity index (χ1n) is 8.54. The van der Waals surface area contributed by atoms with Gasteiger partial charge in [0.1, 0.15) is 11.4 Å². The lowest BCUT2D eigenvalue weighted by atomic mass is 9.95. The SMILES string of the molecule is Cc1noc(C)c1CCC(=O)N1CCC[C@]2(CC1)CN(C)C(=O)O2. The van der Waals surface area contributed by atoms with Crippen LogP contribution in [0.5, 0.6) is 0 Å². The highest BCUT2D eigenvalue weighted by atomic mass is 16.6. The highest BCUT2D eigenvalue weighted by molar-refractivity contribution is 5.76. The molecule has 1 spiro atoms. The number of amides is 2. The molecule has 0 unspecified atom stereocenters. The zero-order chi connectivity index (χ0) is 17.3. The molecule has 1 aromatic heterocycles. The molecule has 24 heavy (non-hydrogen) atoms. The molecule has 2 amide bonds. The molecule has 0 aromatic carbocycles. The first-order valence-corrected chi connectivity index (χ1v) is 8.54. The van der Waals surface area contributed by atoms with E-state index in [0.717, 1.165) is 36.4 Å². The van der Waals surface area contributed by atoms with Gasteiger partial charge in [0, 0.05) is 38.5 Å². The summed E-state index contributed by atoms with van der Waals surface area (Å²) >= 11 is 0. The molecule has 2 saturated heterocycles. The van der Waals surface area contributed by atoms with Crippen molar-refractivity contribution in [2.75, 3.05) is 26.7 Å². The highest BCUT2D eigenvalue weighted by Crippen LogP contribution is 2.32. The quantitative estimate of drug-likeness (QED) is 0.845. The van der Waals surface area contributed by atoms with Crippen molar-refractivity contribution in [3.8, 4) is 0 Å². The predicted molar refractivity (Wildman–Crippen MR) is 86.6 cm³/mol. The van der Waals surface area contributed by atoms with Crippen LogP contribution in [0.1, 0.15) is 42.7 Å². The third kappa shape index (κ3) is 3.25. The van der Waals surface area contributed by atoms with E-state index in [0.29, 0.717) is 32.4 Å². The Bertz CT molecular complexity index is 622. The van der Waals surface area contributed by atoms with Gasteiger partial charge in [-0.3, -0.25) is 4.79 Å². The molecule has 1 atom stereocenters. The second-order valence-corrected chi connectivity index (χ2v) is 6.94. The van der Waals surface area contributed by atoms with Crippen molar-refractivity contribution in [2.45, 2.75) is 51.6 Å². The van der Waals surface area contributed by atoms with E-state index < -0.39 is 5.60 Å². The van der Waals surface area contributed by atoms with Gasteiger partial charge in [0.25, 0.3) is 0 Å². The monoisotopic (exact) mass is 335 g/mol. The smallest absolute Gasteiger partial charge is 0.410 e. The number of hydrogen-bond acceptors (Lipinski definition) is 5. The fourth-order valence-corrected chi connectivity index (χ4v) is 3.72. The molecule has 0 aliphatic carbocycles. The van der Waals surface area contributed by atoms with Gasteiger partial charge in [-0.2, -0.15) is 0 Å². The lowest BCUT2D eigenvalue weighted by Crippen LogP contribution is -2.36. The number of likely N-dealkylation sites (N-methyl/N-ethyl adjacent to an activating group) is 1. The Morgan fingerprint density at radius 3 is 2.71 bits per heavy atom. The van der Waals surface area contributed by atoms with Crippen LogP contribution in [0, 0.1) is 13.8 Å². The Hall–Kier alpha value is -2.05. The van der Waals surface area contributed by atoms with Crippen molar-refractivity contribution in [1.29, 1.82) is 0 Å². The van der Waals surface area contributed by atoms with Gasteiger partial charge in [-0.15, -0.1) is 0 Å². The van der Waals surface area contributed by atoms with Gasteiger partial charge in [0.05, 0.1) is 12.2 Å². The van der Waals surface area contributed by atoms with Gasteiger partial charge in [-0.25, -0.2) is 4.79 Å². The van der Waals surface area contributed by atoms with E-state index in [1.54, 1.807) is 11.9 Å². The highest BCUT2D eigenvalue weighted by Gasteiger charge is 2.44. The van der Waals surface area contributed by atoms with Crippen molar-refractivity contribution in [3.05, 3.63) is 17.0 Å². The molecule has 3 heterocycles. The van der Waals surface area contributed by atoms with Crippen LogP contribution >= 0.6 is 0 Å². The fraction of sp³-hybridized carbons (Fsp3) is 0.706. The molecule has 0 radical (unpaired) electrons. The summed E-state index contributed by atoms with van der Waals surface area (Å²) < 4.78 is 10.7. The number of carbonyl (C=O) groups is 2. The lowest BCUT2D eigenvalue weighted by Gasteiger charge is -2.25. The molecule has 3 rings (SSSR count). The Morgan fingerprint density at radius 1 is 1.29 bits per heavy atom. The Balaban J connectivity index is 1.56. The normalized spacial score (nSPS) is 24.4. The summed E-state index contributed by atoms with van der Waals surface area (Å²) in [5.74, 6) is 0.931. The molecule has 132 valence electrons. The summed E-state index contributed by atoms with van der Waals surface area (Å²) in [5.41, 5.74) is 1.47. The van der Waals surface area contributed by atoms with Crippen LogP contribution in [0.4, 0.5) is 4.79 Å². The maximum atomic E-state index is 12.6. The van der Waals surface area contributed by atoms with Crippen molar-refractivity contribution < 1.29 is 18.8 Å². The predicted octanol–water partition coefficient (Wildman–Crippen LogP) is 2.06. The van der Waals surface area contributed by atoms with Gasteiger partial charge >= 0.3 is 6.09 Å². The van der Waals surface area contributed by atoms with E-state index >= 15 is 0 Å². The summed E-state index contributed by atoms with van der Waals surface area (Å²) in [4.78, 5) is 27.8. The van der Waals surface area contributed by atoms with Gasteiger partial charge in [0.15, 0.2) is 0 Å². The van der Waals surface area contributed by atoms with Crippen molar-refractivity contribution in [3.63, 3.8) is 0 Å². The van der Waals surface area contributed by atoms with Crippen molar-refractivity contribution in [2.24, 2.45) is 0 Å². The molecule has 2 aliphatic heterocycles. The van der Waals surface area contributed by atoms with Crippen molar-refractivity contribution in [1.82, 2.24) is 15.0 Å². The average molecular weight is 335 g/mol. The summed E-state index contributed by atoms with van der Waals surface area (Å²) in [6.45, 7) is 5.76. The molecule has 2 aliphatic rings. The topological polar surface area (TPSA) is 75.9 Å². The van der Waals surface area contributed by atoms with Gasteiger partial charge < -0.3 is 19.1 Å². The van der Waals surface area contributed by atoms with Crippen LogP contribution in [0.15, 0.2) is 4.52 Å². The molecule has 1 aromatic rings. The third-order valence-corrected chi connectivity index (χ3v) is 5.16. The first kappa shape index (κ1) is 16.8. The summed E-state index contributed by atoms with van der Waals surface area (Å²) in [6, 6.07) is 0. The fourth-order valence-electron chi connectivity index (χ4n) is 3.72. The van der Waals surface area contributed by atoms with Gasteiger partial charge in [-0.1, -0.05) is 5.16 Å². The lowest BCUT2D eigenvalue weighted by molar-refractivity contribution is -0.131. The number of carbonyl (C=O) groups excluding carboxylic acids is 2. The molecule has 7 heteroatoms. The van der Waals surface area contributed by atoms with Gasteiger partial charge in [0.2, 0.25) is 5.91 Å². The molecular weight excluding hydrogens is 310 g/mol. The zero-order valence-electron chi connectivity index (χ0n) is 14.6. The van der Waals surface area contributed by atoms with Crippen LogP contribution in [-0.4, -0.2) is 59.2 Å². The number of aromatic nitrogens is 1. The van der Waals surface area contributed by atoms with Crippen LogP contribution in [0.25, 0.3) is 0 Å². The zero-order valence-corrected chi connectivity index (χ0v) is 14.6. The second-order valence-electron chi connectivity index (χ2n) is 6.94. The average Bonchev–Trinajstić information content (AvgIpc) is 2.90. The standard InChI is InChI=1S/C17H25N3O4/c1-12-14(13(2)24-18-12)5-6-15(21)20-9-4-7-17(8-10-20)11-19(3)16(22)23-17/h4-11H2,1-3H3/t17-/m0/s1. The van der Waals surface area contributed by atoms with Gasteiger partial charge in [-0.05, 0) is 33.1 Å². The second kappa shape index (κ2) is 6.45. The summed E-state index contributed by atoms with van der Waals surface area (Å²) in [5, 5.41) is 3.93. The van der Waals surface area contributed by atoms with E-state index in [2.05, 4.69) is 5.16 Å². The maximum absolute atomic E-state index is 12.6. The minimum Gasteiger partial charge on any atom is -0.441 e. The number of nitrogens with zero attached hydrogens (tertiary/aromatic N) is 3. The van der Waals surface area contributed by atoms with Crippen LogP contribution in [0.2, 0.25) is 0 Å². The minimum absolute atomic E-state index is 0.143. The van der Waals surface area contributed by atoms with E-state index in [-0.39, 0.29) is 12.0 Å². The summed E-state index contributed by atoms with van der Waals surface area (Å²) in [7, 11) is 1.76. The largest absolute Gasteiger partial charge is 0.441 e. The number of hydrogen-bond donors (Lipinski definition) is 0. The Kier molecular flexibility index (Phi) is 4.51. The molecular formula is C17H25N3O4. The first-order chi connectivity index (χ1) is 11.4. The minimum atomic E-state index is -0.414. The summed E-state index contributed by atoms with van der Waals surface area (Å²) in [6.07, 6.45) is 3.23. The van der Waals surface area contributed by atoms with Crippen LogP contribution in [0.3, 0.4) is 0 Å². The van der Waals surface area contributed by atoms with E-state index in [1.165, 1.54) is 0 Å². The maximum Gasteiger partial charge on any atom is 0.410 e. The number of likely N-dealkylation sites (tertiary alicyclic amines) is 1. The van der Waals surface area contributed by atoms with Crippen LogP contribution < -0.4 is 0 Å². The molecule has 0 bridgehead atoms. The number of ether oxygens (including phenoxy) is 1. The van der Waals surface area contributed by atoms with E-state index in [1.807, 2.05) is 18.7 Å². The van der Waals surface area contributed by atoms with E-state index in [4.69, 9.17) is 9.26 Å². The molecule has 0 N–H and O–H groups in total. The molecule has 7 nitrogen and oxygen atoms in total. The Labute approximate surface area is 141 Å². The Morgan fingerprint density at radius 2 is 2.08 bits per heavy atom. The number of aryl methyl sites for hydroxylation is 2. The molecule has 2 fully saturated rings. The third-order valence-electron chi connectivity index (χ3n) is 5.16.